The van der Waals surface area contributed by atoms with Crippen LogP contribution in [0, 0.1) is 6.92 Å². The Morgan fingerprint density at radius 3 is 2.57 bits per heavy atom. The molecule has 1 aromatic heterocycles. The monoisotopic (exact) mass is 424 g/mol. The molecular formula is C23H24N2O4S. The summed E-state index contributed by atoms with van der Waals surface area (Å²) in [5.41, 5.74) is 3.42. The minimum Gasteiger partial charge on any atom is -0.449 e. The molecular weight excluding hydrogens is 400 g/mol. The summed E-state index contributed by atoms with van der Waals surface area (Å²) in [6.07, 6.45) is 0. The molecule has 0 bridgehead atoms. The number of carbonyl (C=O) groups is 2. The lowest BCUT2D eigenvalue weighted by Crippen LogP contribution is -2.40. The summed E-state index contributed by atoms with van der Waals surface area (Å²) in [5, 5.41) is 3.64. The van der Waals surface area contributed by atoms with E-state index in [0.29, 0.717) is 43.3 Å². The fourth-order valence-electron chi connectivity index (χ4n) is 3.35. The van der Waals surface area contributed by atoms with Crippen LogP contribution in [0.25, 0.3) is 11.0 Å². The summed E-state index contributed by atoms with van der Waals surface area (Å²) in [4.78, 5) is 27.3. The summed E-state index contributed by atoms with van der Waals surface area (Å²) in [6, 6.07) is 15.6. The van der Waals surface area contributed by atoms with Crippen LogP contribution < -0.4 is 5.32 Å². The smallest absolute Gasteiger partial charge is 0.291 e. The fourth-order valence-corrected chi connectivity index (χ4v) is 4.14. The molecule has 1 aliphatic rings. The van der Waals surface area contributed by atoms with Crippen LogP contribution in [0.4, 0.5) is 5.69 Å². The zero-order chi connectivity index (χ0) is 20.9. The third-order valence-electron chi connectivity index (χ3n) is 4.97. The second kappa shape index (κ2) is 9.36. The molecule has 1 saturated heterocycles. The number of thioether (sulfide) groups is 1. The van der Waals surface area contributed by atoms with Crippen LogP contribution in [0.2, 0.25) is 0 Å². The Kier molecular flexibility index (Phi) is 6.40. The average molecular weight is 425 g/mol. The van der Waals surface area contributed by atoms with Gasteiger partial charge < -0.3 is 19.4 Å². The zero-order valence-electron chi connectivity index (χ0n) is 16.8. The number of rotatable bonds is 6. The first-order valence-electron chi connectivity index (χ1n) is 9.93. The lowest BCUT2D eigenvalue weighted by Gasteiger charge is -2.26. The molecule has 30 heavy (non-hydrogen) atoms. The number of amides is 2. The standard InChI is InChI=1S/C23H24N2O4S/c1-16-6-8-17(9-7-16)14-30-15-20(26)24-21-18-4-2-3-5-19(18)29-22(21)23(27)25-10-12-28-13-11-25/h2-9H,10-15H2,1H3,(H,24,26). The van der Waals surface area contributed by atoms with Gasteiger partial charge in [0.05, 0.1) is 19.0 Å². The average Bonchev–Trinajstić information content (AvgIpc) is 3.13. The number of fused-ring (bicyclic) bond motifs is 1. The molecule has 2 amide bonds. The van der Waals surface area contributed by atoms with Crippen LogP contribution in [0.1, 0.15) is 21.7 Å². The van der Waals surface area contributed by atoms with Crippen LogP contribution in [-0.4, -0.2) is 48.8 Å². The predicted molar refractivity (Wildman–Crippen MR) is 119 cm³/mol. The number of nitrogens with one attached hydrogen (secondary N) is 1. The van der Waals surface area contributed by atoms with Crippen molar-refractivity contribution in [2.45, 2.75) is 12.7 Å². The second-order valence-corrected chi connectivity index (χ2v) is 8.22. The minimum absolute atomic E-state index is 0.158. The van der Waals surface area contributed by atoms with Crippen molar-refractivity contribution in [3.05, 3.63) is 65.4 Å². The van der Waals surface area contributed by atoms with Crippen molar-refractivity contribution in [1.29, 1.82) is 0 Å². The van der Waals surface area contributed by atoms with E-state index in [2.05, 4.69) is 36.5 Å². The summed E-state index contributed by atoms with van der Waals surface area (Å²) in [5.74, 6) is 0.833. The Bertz CT molecular complexity index is 1040. The number of para-hydroxylation sites is 1. The first-order chi connectivity index (χ1) is 14.6. The van der Waals surface area contributed by atoms with Crippen LogP contribution >= 0.6 is 11.8 Å². The van der Waals surface area contributed by atoms with E-state index in [4.69, 9.17) is 9.15 Å². The quantitative estimate of drug-likeness (QED) is 0.645. The largest absolute Gasteiger partial charge is 0.449 e. The molecule has 1 fully saturated rings. The topological polar surface area (TPSA) is 71.8 Å². The molecule has 0 atom stereocenters. The number of aryl methyl sites for hydroxylation is 1. The highest BCUT2D eigenvalue weighted by Gasteiger charge is 2.27. The molecule has 0 aliphatic carbocycles. The lowest BCUT2D eigenvalue weighted by atomic mass is 10.2. The van der Waals surface area contributed by atoms with Crippen molar-refractivity contribution >= 4 is 40.2 Å². The zero-order valence-corrected chi connectivity index (χ0v) is 17.7. The minimum atomic E-state index is -0.225. The number of furan rings is 1. The molecule has 0 saturated carbocycles. The van der Waals surface area contributed by atoms with E-state index in [1.807, 2.05) is 18.2 Å². The molecule has 6 nitrogen and oxygen atoms in total. The van der Waals surface area contributed by atoms with Crippen LogP contribution in [0.15, 0.2) is 52.9 Å². The van der Waals surface area contributed by atoms with Crippen molar-refractivity contribution < 1.29 is 18.7 Å². The number of nitrogens with zero attached hydrogens (tertiary/aromatic N) is 1. The van der Waals surface area contributed by atoms with Gasteiger partial charge in [-0.15, -0.1) is 11.8 Å². The highest BCUT2D eigenvalue weighted by atomic mass is 32.2. The van der Waals surface area contributed by atoms with Crippen molar-refractivity contribution in [3.63, 3.8) is 0 Å². The molecule has 4 rings (SSSR count). The van der Waals surface area contributed by atoms with Gasteiger partial charge >= 0.3 is 0 Å². The van der Waals surface area contributed by atoms with E-state index in [9.17, 15) is 9.59 Å². The van der Waals surface area contributed by atoms with Gasteiger partial charge in [0.2, 0.25) is 11.7 Å². The summed E-state index contributed by atoms with van der Waals surface area (Å²) in [7, 11) is 0. The molecule has 2 heterocycles. The van der Waals surface area contributed by atoms with E-state index >= 15 is 0 Å². The number of carbonyl (C=O) groups excluding carboxylic acids is 2. The van der Waals surface area contributed by atoms with Gasteiger partial charge in [-0.1, -0.05) is 42.0 Å². The Balaban J connectivity index is 1.47. The van der Waals surface area contributed by atoms with Gasteiger partial charge in [-0.25, -0.2) is 0 Å². The van der Waals surface area contributed by atoms with Gasteiger partial charge in [-0.3, -0.25) is 9.59 Å². The van der Waals surface area contributed by atoms with E-state index in [0.717, 1.165) is 11.1 Å². The number of hydrogen-bond donors (Lipinski definition) is 1. The third kappa shape index (κ3) is 4.68. The van der Waals surface area contributed by atoms with Gasteiger partial charge in [0, 0.05) is 24.2 Å². The molecule has 3 aromatic rings. The van der Waals surface area contributed by atoms with Crippen molar-refractivity contribution in [1.82, 2.24) is 4.90 Å². The number of anilines is 1. The number of morpholine rings is 1. The molecule has 0 spiro atoms. The first-order valence-corrected chi connectivity index (χ1v) is 11.1. The Labute approximate surface area is 179 Å². The molecule has 0 unspecified atom stereocenters. The molecule has 156 valence electrons. The highest BCUT2D eigenvalue weighted by molar-refractivity contribution is 7.99. The van der Waals surface area contributed by atoms with Crippen LogP contribution in [0.3, 0.4) is 0 Å². The maximum absolute atomic E-state index is 13.0. The number of benzene rings is 2. The third-order valence-corrected chi connectivity index (χ3v) is 5.98. The maximum atomic E-state index is 13.0. The summed E-state index contributed by atoms with van der Waals surface area (Å²) in [6.45, 7) is 4.08. The van der Waals surface area contributed by atoms with Gasteiger partial charge in [0.25, 0.3) is 5.91 Å². The van der Waals surface area contributed by atoms with E-state index in [-0.39, 0.29) is 17.6 Å². The van der Waals surface area contributed by atoms with Crippen molar-refractivity contribution in [3.8, 4) is 0 Å². The Hall–Kier alpha value is -2.77. The van der Waals surface area contributed by atoms with Crippen molar-refractivity contribution in [2.24, 2.45) is 0 Å². The Morgan fingerprint density at radius 1 is 1.07 bits per heavy atom. The van der Waals surface area contributed by atoms with E-state index < -0.39 is 0 Å². The number of hydrogen-bond acceptors (Lipinski definition) is 5. The van der Waals surface area contributed by atoms with E-state index in [1.54, 1.807) is 11.0 Å². The van der Waals surface area contributed by atoms with Gasteiger partial charge in [-0.2, -0.15) is 0 Å². The number of ether oxygens (including phenoxy) is 1. The van der Waals surface area contributed by atoms with Gasteiger partial charge in [-0.05, 0) is 24.6 Å². The van der Waals surface area contributed by atoms with Crippen LogP contribution in [-0.2, 0) is 15.3 Å². The van der Waals surface area contributed by atoms with Crippen molar-refractivity contribution in [2.75, 3.05) is 37.4 Å². The maximum Gasteiger partial charge on any atom is 0.291 e. The van der Waals surface area contributed by atoms with Gasteiger partial charge in [0.1, 0.15) is 11.3 Å². The SMILES string of the molecule is Cc1ccc(CSCC(=O)Nc2c(C(=O)N3CCOCC3)oc3ccccc23)cc1. The van der Waals surface area contributed by atoms with Crippen LogP contribution in [0.5, 0.6) is 0 Å². The normalized spacial score (nSPS) is 14.1. The molecule has 7 heteroatoms. The fraction of sp³-hybridized carbons (Fsp3) is 0.304. The second-order valence-electron chi connectivity index (χ2n) is 7.23. The highest BCUT2D eigenvalue weighted by Crippen LogP contribution is 2.32. The first kappa shape index (κ1) is 20.5. The molecule has 0 radical (unpaired) electrons. The van der Waals surface area contributed by atoms with Gasteiger partial charge in [0.15, 0.2) is 0 Å². The lowest BCUT2D eigenvalue weighted by molar-refractivity contribution is -0.113. The molecule has 2 aromatic carbocycles. The molecule has 1 aliphatic heterocycles. The van der Waals surface area contributed by atoms with E-state index in [1.165, 1.54) is 22.9 Å². The Morgan fingerprint density at radius 2 is 1.80 bits per heavy atom. The molecule has 1 N–H and O–H groups in total. The summed E-state index contributed by atoms with van der Waals surface area (Å²) < 4.78 is 11.2. The predicted octanol–water partition coefficient (Wildman–Crippen LogP) is 4.09. The summed E-state index contributed by atoms with van der Waals surface area (Å²) >= 11 is 1.54.